The van der Waals surface area contributed by atoms with E-state index in [0.29, 0.717) is 0 Å². The van der Waals surface area contributed by atoms with Gasteiger partial charge in [-0.1, -0.05) is 0 Å². The van der Waals surface area contributed by atoms with Crippen LogP contribution in [0.3, 0.4) is 0 Å². The molecule has 2 saturated heterocycles. The third kappa shape index (κ3) is 6.28. The van der Waals surface area contributed by atoms with Crippen LogP contribution < -0.4 is 16.9 Å². The molecule has 6 heterocycles. The summed E-state index contributed by atoms with van der Waals surface area (Å²) in [6.45, 7) is -1.36. The zero-order valence-electron chi connectivity index (χ0n) is 23.4. The summed E-state index contributed by atoms with van der Waals surface area (Å²) in [6.07, 6.45) is -6.21. The van der Waals surface area contributed by atoms with Crippen molar-refractivity contribution in [2.75, 3.05) is 26.1 Å². The van der Waals surface area contributed by atoms with Crippen molar-refractivity contribution in [1.29, 1.82) is 0 Å². The van der Waals surface area contributed by atoms with E-state index < -0.39 is 83.0 Å². The van der Waals surface area contributed by atoms with Crippen LogP contribution in [0.1, 0.15) is 18.9 Å². The molecule has 4 aromatic rings. The smallest absolute Gasteiger partial charge is 0.388 e. The van der Waals surface area contributed by atoms with Gasteiger partial charge in [0.25, 0.3) is 11.1 Å². The van der Waals surface area contributed by atoms with E-state index in [1.54, 1.807) is 0 Å². The Kier molecular flexibility index (Phi) is 8.69. The summed E-state index contributed by atoms with van der Waals surface area (Å²) in [5.41, 5.74) is 4.31. The number of anilines is 1. The Hall–Kier alpha value is -3.44. The molecular weight excluding hydrogens is 664 g/mol. The van der Waals surface area contributed by atoms with Gasteiger partial charge in [0.05, 0.1) is 38.3 Å². The van der Waals surface area contributed by atoms with Crippen LogP contribution in [0.15, 0.2) is 28.6 Å². The Bertz CT molecular complexity index is 1960. The Morgan fingerprint density at radius 3 is 2.37 bits per heavy atom. The standard InChI is InChI=1S/C21H27N9O14P2/c1-39-45(35,36)41-4-10-14(13(32)20(43-10)30-7-26-12-16(30)27-21(22)28-18(12)34)44-46(37,38)40-3-8-2-9(31)19(42-8)29-6-25-11-15(29)23-5-24-17(11)33/h5-10,13-14,19-20,31-32H,2-4H2,1H3,(H,35,36)(H,37,38)(H,23,24,33)(H3,22,27,28,34)/t8-,9+,10+,13+,14+,19+,20+/m0/s1. The molecule has 0 amide bonds. The number of hydrogen-bond donors (Lipinski definition) is 7. The molecular formula is C21H27N9O14P2. The number of phosphoric acid groups is 2. The topological polar surface area (TPSA) is 324 Å². The van der Waals surface area contributed by atoms with E-state index in [0.717, 1.165) is 24.3 Å². The molecule has 2 unspecified atom stereocenters. The van der Waals surface area contributed by atoms with Gasteiger partial charge in [-0.05, 0) is 0 Å². The molecule has 2 aliphatic heterocycles. The van der Waals surface area contributed by atoms with E-state index in [1.165, 1.54) is 10.9 Å². The van der Waals surface area contributed by atoms with Crippen LogP contribution in [0.25, 0.3) is 22.3 Å². The maximum atomic E-state index is 13.1. The predicted octanol–water partition coefficient (Wildman–Crippen LogP) is -1.99. The fraction of sp³-hybridized carbons (Fsp3) is 0.524. The number of aromatic nitrogens is 8. The van der Waals surface area contributed by atoms with Crippen molar-refractivity contribution in [2.24, 2.45) is 0 Å². The van der Waals surface area contributed by atoms with Gasteiger partial charge in [-0.3, -0.25) is 41.8 Å². The summed E-state index contributed by atoms with van der Waals surface area (Å²) in [5, 5.41) is 21.8. The highest BCUT2D eigenvalue weighted by atomic mass is 31.2. The van der Waals surface area contributed by atoms with Gasteiger partial charge in [0.1, 0.15) is 24.4 Å². The predicted molar refractivity (Wildman–Crippen MR) is 149 cm³/mol. The van der Waals surface area contributed by atoms with Crippen LogP contribution in [-0.2, 0) is 36.7 Å². The number of nitrogen functional groups attached to an aromatic ring is 1. The lowest BCUT2D eigenvalue weighted by atomic mass is 10.1. The average Bonchev–Trinajstić information content (AvgIpc) is 3.77. The Balaban J connectivity index is 1.17. The number of imidazole rings is 2. The van der Waals surface area contributed by atoms with Crippen molar-refractivity contribution < 1.29 is 56.7 Å². The summed E-state index contributed by atoms with van der Waals surface area (Å²) >= 11 is 0. The minimum atomic E-state index is -5.06. The Labute approximate surface area is 255 Å². The van der Waals surface area contributed by atoms with Crippen LogP contribution in [-0.4, -0.2) is 110 Å². The van der Waals surface area contributed by atoms with Crippen molar-refractivity contribution in [1.82, 2.24) is 39.0 Å². The van der Waals surface area contributed by atoms with Crippen LogP contribution >= 0.6 is 15.6 Å². The zero-order chi connectivity index (χ0) is 33.0. The molecule has 0 saturated carbocycles. The fourth-order valence-electron chi connectivity index (χ4n) is 5.06. The largest absolute Gasteiger partial charge is 0.472 e. The second-order valence-corrected chi connectivity index (χ2v) is 13.1. The van der Waals surface area contributed by atoms with Crippen molar-refractivity contribution in [3.63, 3.8) is 0 Å². The highest BCUT2D eigenvalue weighted by molar-refractivity contribution is 7.47. The van der Waals surface area contributed by atoms with Gasteiger partial charge in [-0.2, -0.15) is 4.98 Å². The quantitative estimate of drug-likeness (QED) is 0.0837. The first-order valence-electron chi connectivity index (χ1n) is 13.3. The molecule has 0 spiro atoms. The molecule has 0 aliphatic carbocycles. The number of nitrogens with two attached hydrogens (primary N) is 1. The molecule has 2 fully saturated rings. The molecule has 4 aromatic heterocycles. The molecule has 23 nitrogen and oxygen atoms in total. The summed E-state index contributed by atoms with van der Waals surface area (Å²) in [7, 11) is -8.74. The maximum absolute atomic E-state index is 13.1. The molecule has 0 aromatic carbocycles. The minimum Gasteiger partial charge on any atom is -0.388 e. The van der Waals surface area contributed by atoms with Crippen molar-refractivity contribution in [3.8, 4) is 0 Å². The lowest BCUT2D eigenvalue weighted by molar-refractivity contribution is -0.0558. The van der Waals surface area contributed by atoms with Crippen molar-refractivity contribution in [2.45, 2.75) is 49.4 Å². The van der Waals surface area contributed by atoms with Gasteiger partial charge >= 0.3 is 15.6 Å². The summed E-state index contributed by atoms with van der Waals surface area (Å²) in [6, 6.07) is 0. The molecule has 0 radical (unpaired) electrons. The number of fused-ring (bicyclic) bond motifs is 2. The monoisotopic (exact) mass is 691 g/mol. The van der Waals surface area contributed by atoms with Gasteiger partial charge < -0.3 is 40.2 Å². The number of phosphoric ester groups is 2. The summed E-state index contributed by atoms with van der Waals surface area (Å²) in [5.74, 6) is -0.276. The van der Waals surface area contributed by atoms with Gasteiger partial charge in [-0.15, -0.1) is 0 Å². The maximum Gasteiger partial charge on any atom is 0.472 e. The van der Waals surface area contributed by atoms with Crippen molar-refractivity contribution >= 4 is 43.9 Å². The van der Waals surface area contributed by atoms with Crippen LogP contribution in [0.4, 0.5) is 5.95 Å². The van der Waals surface area contributed by atoms with E-state index in [4.69, 9.17) is 28.8 Å². The molecule has 6 rings (SSSR count). The van der Waals surface area contributed by atoms with Crippen molar-refractivity contribution in [3.05, 3.63) is 39.7 Å². The van der Waals surface area contributed by atoms with Gasteiger partial charge in [0.15, 0.2) is 34.8 Å². The number of hydrogen-bond acceptors (Lipinski definition) is 17. The van der Waals surface area contributed by atoms with E-state index in [2.05, 4.69) is 34.4 Å². The minimum absolute atomic E-state index is 0.0122. The number of nitrogens with zero attached hydrogens (tertiary/aromatic N) is 6. The number of aliphatic hydroxyl groups excluding tert-OH is 2. The number of rotatable bonds is 11. The number of nitrogens with one attached hydrogen (secondary N) is 2. The Morgan fingerprint density at radius 1 is 0.978 bits per heavy atom. The molecule has 8 N–H and O–H groups in total. The SMILES string of the molecule is COP(=O)(O)OC[C@H]1O[C@@H](n2cnc3c(=O)[nH]c(N)nc32)[C@H](O)[C@@H]1OP(=O)(O)OC[C@@H]1C[C@@H](O)[C@H](n2cnc3c(=O)[nH]cnc32)O1. The van der Waals surface area contributed by atoms with E-state index >= 15 is 0 Å². The van der Waals surface area contributed by atoms with Crippen LogP contribution in [0.5, 0.6) is 0 Å². The lowest BCUT2D eigenvalue weighted by Gasteiger charge is -2.24. The first-order valence-corrected chi connectivity index (χ1v) is 16.2. The first kappa shape index (κ1) is 32.5. The van der Waals surface area contributed by atoms with Gasteiger partial charge in [0, 0.05) is 13.5 Å². The molecule has 25 heteroatoms. The second kappa shape index (κ2) is 12.3. The first-order chi connectivity index (χ1) is 21.8. The third-order valence-corrected chi connectivity index (χ3v) is 9.07. The Morgan fingerprint density at radius 2 is 1.65 bits per heavy atom. The van der Waals surface area contributed by atoms with Gasteiger partial charge in [-0.25, -0.2) is 24.1 Å². The number of aromatic amines is 2. The highest BCUT2D eigenvalue weighted by Gasteiger charge is 2.50. The normalized spacial score (nSPS) is 29.4. The van der Waals surface area contributed by atoms with E-state index in [-0.39, 0.29) is 34.7 Å². The van der Waals surface area contributed by atoms with Gasteiger partial charge in [0.2, 0.25) is 5.95 Å². The molecule has 250 valence electrons. The molecule has 9 atom stereocenters. The summed E-state index contributed by atoms with van der Waals surface area (Å²) in [4.78, 5) is 65.1. The van der Waals surface area contributed by atoms with E-state index in [9.17, 15) is 38.7 Å². The highest BCUT2D eigenvalue weighted by Crippen LogP contribution is 2.50. The molecule has 2 aliphatic rings. The lowest BCUT2D eigenvalue weighted by Crippen LogP contribution is -2.36. The van der Waals surface area contributed by atoms with Crippen LogP contribution in [0, 0.1) is 0 Å². The second-order valence-electron chi connectivity index (χ2n) is 10.1. The van der Waals surface area contributed by atoms with Crippen LogP contribution in [0.2, 0.25) is 0 Å². The number of aliphatic hydroxyl groups is 2. The molecule has 0 bridgehead atoms. The average molecular weight is 691 g/mol. The molecule has 46 heavy (non-hydrogen) atoms. The van der Waals surface area contributed by atoms with E-state index in [1.807, 2.05) is 0 Å². The number of ether oxygens (including phenoxy) is 2. The zero-order valence-corrected chi connectivity index (χ0v) is 25.2. The summed E-state index contributed by atoms with van der Waals surface area (Å²) < 4.78 is 58.6. The third-order valence-electron chi connectivity index (χ3n) is 7.15. The number of H-pyrrole nitrogens is 2. The fourth-order valence-corrected chi connectivity index (χ4v) is 6.49.